The number of nitrogens with two attached hydrogens (primary N) is 1. The number of carboxylic acids is 1. The van der Waals surface area contributed by atoms with Gasteiger partial charge >= 0.3 is 5.97 Å². The summed E-state index contributed by atoms with van der Waals surface area (Å²) in [7, 11) is 0. The summed E-state index contributed by atoms with van der Waals surface area (Å²) in [5.41, 5.74) is 5.33. The normalized spacial score (nSPS) is 16.5. The number of hydrogen-bond donors (Lipinski definition) is 5. The van der Waals surface area contributed by atoms with Crippen LogP contribution in [0.2, 0.25) is 0 Å². The van der Waals surface area contributed by atoms with Gasteiger partial charge in [-0.05, 0) is 19.1 Å². The number of carboxylic acid groups (broad SMARTS) is 1. The van der Waals surface area contributed by atoms with Crippen molar-refractivity contribution in [2.24, 2.45) is 5.73 Å². The summed E-state index contributed by atoms with van der Waals surface area (Å²) in [6, 6.07) is -2.13. The van der Waals surface area contributed by atoms with E-state index < -0.39 is 30.1 Å². The van der Waals surface area contributed by atoms with Crippen LogP contribution in [0.25, 0.3) is 0 Å². The molecule has 0 fully saturated rings. The van der Waals surface area contributed by atoms with Gasteiger partial charge in [-0.3, -0.25) is 4.79 Å². The summed E-state index contributed by atoms with van der Waals surface area (Å²) in [5, 5.41) is 20.0. The van der Waals surface area contributed by atoms with Crippen molar-refractivity contribution < 1.29 is 19.8 Å². The van der Waals surface area contributed by atoms with E-state index in [2.05, 4.69) is 17.9 Å². The molecule has 6 nitrogen and oxygen atoms in total. The average molecular weight is 236 g/mol. The summed E-state index contributed by atoms with van der Waals surface area (Å²) >= 11 is 3.87. The van der Waals surface area contributed by atoms with Gasteiger partial charge in [-0.25, -0.2) is 4.79 Å². The third kappa shape index (κ3) is 5.01. The van der Waals surface area contributed by atoms with Crippen molar-refractivity contribution in [2.75, 3.05) is 5.75 Å². The molecule has 0 spiro atoms. The Kier molecular flexibility index (Phi) is 6.30. The lowest BCUT2D eigenvalue weighted by Crippen LogP contribution is -2.52. The molecule has 88 valence electrons. The first-order valence-electron chi connectivity index (χ1n) is 4.47. The highest BCUT2D eigenvalue weighted by atomic mass is 32.1. The number of carbonyl (C=O) groups is 2. The third-order valence-electron chi connectivity index (χ3n) is 1.85. The van der Waals surface area contributed by atoms with Gasteiger partial charge in [0.05, 0.1) is 6.10 Å². The highest BCUT2D eigenvalue weighted by Gasteiger charge is 2.24. The second kappa shape index (κ2) is 6.65. The zero-order chi connectivity index (χ0) is 12.0. The number of carbonyl (C=O) groups excluding carboxylic acids is 1. The molecule has 0 aromatic heterocycles. The summed E-state index contributed by atoms with van der Waals surface area (Å²) in [6.45, 7) is 1.36. The van der Waals surface area contributed by atoms with Crippen LogP contribution < -0.4 is 11.1 Å². The largest absolute Gasteiger partial charge is 0.480 e. The van der Waals surface area contributed by atoms with Gasteiger partial charge in [0.15, 0.2) is 0 Å². The minimum absolute atomic E-state index is 0.205. The van der Waals surface area contributed by atoms with E-state index in [1.807, 2.05) is 0 Å². The Balaban J connectivity index is 4.28. The van der Waals surface area contributed by atoms with Crippen molar-refractivity contribution >= 4 is 24.5 Å². The second-order valence-corrected chi connectivity index (χ2v) is 3.63. The van der Waals surface area contributed by atoms with E-state index in [1.54, 1.807) is 0 Å². The van der Waals surface area contributed by atoms with E-state index in [4.69, 9.17) is 15.9 Å². The van der Waals surface area contributed by atoms with E-state index >= 15 is 0 Å². The van der Waals surface area contributed by atoms with Gasteiger partial charge in [0.2, 0.25) is 5.91 Å². The van der Waals surface area contributed by atoms with E-state index in [1.165, 1.54) is 6.92 Å². The lowest BCUT2D eigenvalue weighted by molar-refractivity contribution is -0.142. The molecule has 5 N–H and O–H groups in total. The monoisotopic (exact) mass is 236 g/mol. The Morgan fingerprint density at radius 1 is 1.53 bits per heavy atom. The zero-order valence-electron chi connectivity index (χ0n) is 8.38. The highest BCUT2D eigenvalue weighted by Crippen LogP contribution is 1.97. The molecule has 0 saturated carbocycles. The molecule has 0 saturated heterocycles. The molecular weight excluding hydrogens is 220 g/mol. The van der Waals surface area contributed by atoms with Crippen LogP contribution in [0, 0.1) is 0 Å². The Morgan fingerprint density at radius 3 is 2.40 bits per heavy atom. The minimum atomic E-state index is -1.14. The number of thiol groups is 1. The highest BCUT2D eigenvalue weighted by molar-refractivity contribution is 7.80. The predicted molar refractivity (Wildman–Crippen MR) is 57.7 cm³/mol. The molecule has 15 heavy (non-hydrogen) atoms. The van der Waals surface area contributed by atoms with Gasteiger partial charge in [0.1, 0.15) is 12.1 Å². The number of hydrogen-bond acceptors (Lipinski definition) is 5. The lowest BCUT2D eigenvalue weighted by Gasteiger charge is -2.18. The fourth-order valence-corrected chi connectivity index (χ4v) is 1.13. The molecule has 0 heterocycles. The van der Waals surface area contributed by atoms with Crippen LogP contribution in [0.1, 0.15) is 13.3 Å². The Bertz CT molecular complexity index is 235. The van der Waals surface area contributed by atoms with Gasteiger partial charge in [-0.1, -0.05) is 0 Å². The summed E-state index contributed by atoms with van der Waals surface area (Å²) in [5.74, 6) is -1.49. The van der Waals surface area contributed by atoms with Crippen molar-refractivity contribution in [3.8, 4) is 0 Å². The Labute approximate surface area is 93.3 Å². The number of aliphatic carboxylic acids is 1. The van der Waals surface area contributed by atoms with Crippen LogP contribution in [-0.4, -0.2) is 46.0 Å². The van der Waals surface area contributed by atoms with Crippen molar-refractivity contribution in [1.29, 1.82) is 0 Å². The fraction of sp³-hybridized carbons (Fsp3) is 0.750. The summed E-state index contributed by atoms with van der Waals surface area (Å²) in [6.07, 6.45) is -0.813. The van der Waals surface area contributed by atoms with Gasteiger partial charge in [-0.2, -0.15) is 12.6 Å². The fourth-order valence-electron chi connectivity index (χ4n) is 0.873. The first-order chi connectivity index (χ1) is 6.90. The number of rotatable bonds is 6. The van der Waals surface area contributed by atoms with Crippen molar-refractivity contribution in [3.05, 3.63) is 0 Å². The molecule has 0 aromatic rings. The van der Waals surface area contributed by atoms with Gasteiger partial charge in [0.25, 0.3) is 0 Å². The second-order valence-electron chi connectivity index (χ2n) is 3.18. The van der Waals surface area contributed by atoms with Crippen LogP contribution in [-0.2, 0) is 9.59 Å². The van der Waals surface area contributed by atoms with Crippen LogP contribution >= 0.6 is 12.6 Å². The summed E-state index contributed by atoms with van der Waals surface area (Å²) < 4.78 is 0. The molecule has 0 aromatic carbocycles. The van der Waals surface area contributed by atoms with Crippen molar-refractivity contribution in [1.82, 2.24) is 5.32 Å². The van der Waals surface area contributed by atoms with E-state index in [0.717, 1.165) is 0 Å². The van der Waals surface area contributed by atoms with Crippen LogP contribution in [0.15, 0.2) is 0 Å². The Hall–Kier alpha value is -0.790. The average Bonchev–Trinajstić information content (AvgIpc) is 2.15. The number of aliphatic hydroxyl groups is 1. The van der Waals surface area contributed by atoms with Gasteiger partial charge < -0.3 is 21.3 Å². The molecule has 7 heteroatoms. The first-order valence-corrected chi connectivity index (χ1v) is 5.11. The molecule has 0 aliphatic rings. The molecule has 0 unspecified atom stereocenters. The Morgan fingerprint density at radius 2 is 2.07 bits per heavy atom. The van der Waals surface area contributed by atoms with E-state index in [-0.39, 0.29) is 6.42 Å². The minimum Gasteiger partial charge on any atom is -0.480 e. The quantitative estimate of drug-likeness (QED) is 0.363. The third-order valence-corrected chi connectivity index (χ3v) is 2.11. The van der Waals surface area contributed by atoms with Crippen LogP contribution in [0.4, 0.5) is 0 Å². The maximum Gasteiger partial charge on any atom is 0.326 e. The number of aliphatic hydroxyl groups excluding tert-OH is 1. The van der Waals surface area contributed by atoms with Crippen LogP contribution in [0.3, 0.4) is 0 Å². The van der Waals surface area contributed by atoms with E-state index in [0.29, 0.717) is 5.75 Å². The van der Waals surface area contributed by atoms with Crippen LogP contribution in [0.5, 0.6) is 0 Å². The SMILES string of the molecule is C[C@@H](O)[C@H](N)C(=O)N[C@H](CCS)C(=O)O. The molecule has 0 rings (SSSR count). The van der Waals surface area contributed by atoms with E-state index in [9.17, 15) is 9.59 Å². The molecule has 0 bridgehead atoms. The van der Waals surface area contributed by atoms with Gasteiger partial charge in [-0.15, -0.1) is 0 Å². The van der Waals surface area contributed by atoms with Crippen molar-refractivity contribution in [3.63, 3.8) is 0 Å². The van der Waals surface area contributed by atoms with Gasteiger partial charge in [0, 0.05) is 0 Å². The summed E-state index contributed by atoms with van der Waals surface area (Å²) in [4.78, 5) is 22.0. The number of amides is 1. The molecule has 1 amide bonds. The molecule has 0 aliphatic carbocycles. The first kappa shape index (κ1) is 14.2. The maximum absolute atomic E-state index is 11.3. The lowest BCUT2D eigenvalue weighted by atomic mass is 10.1. The topological polar surface area (TPSA) is 113 Å². The molecular formula is C8H16N2O4S. The standard InChI is InChI=1S/C8H16N2O4S/c1-4(11)6(9)7(12)10-5(2-3-15)8(13)14/h4-6,11,15H,2-3,9H2,1H3,(H,10,12)(H,13,14)/t4-,5-,6+/m1/s1. The molecule has 3 atom stereocenters. The molecule has 0 aliphatic heterocycles. The molecule has 0 radical (unpaired) electrons. The smallest absolute Gasteiger partial charge is 0.326 e. The zero-order valence-corrected chi connectivity index (χ0v) is 9.28. The number of nitrogens with one attached hydrogen (secondary N) is 1. The predicted octanol–water partition coefficient (Wildman–Crippen LogP) is -1.42. The van der Waals surface area contributed by atoms with Crippen molar-refractivity contribution in [2.45, 2.75) is 31.5 Å². The maximum atomic E-state index is 11.3.